The molecule has 0 aromatic heterocycles. The van der Waals surface area contributed by atoms with Gasteiger partial charge in [0.15, 0.2) is 0 Å². The standard InChI is InChI=1S/C14H21NO4/c16-13(15-8-4-2-1-3-5-8)11-9-6-7-10(19-9)12(11)14(17)18/h8-12H,1-7H2,(H,15,16)(H,17,18)/t9-,10-,11+,12-/m0/s1. The van der Waals surface area contributed by atoms with E-state index < -0.39 is 17.8 Å². The molecule has 2 saturated heterocycles. The Kier molecular flexibility index (Phi) is 3.48. The van der Waals surface area contributed by atoms with Crippen LogP contribution in [0.2, 0.25) is 0 Å². The molecule has 0 unspecified atom stereocenters. The van der Waals surface area contributed by atoms with Crippen LogP contribution < -0.4 is 5.32 Å². The highest BCUT2D eigenvalue weighted by Gasteiger charge is 2.55. The van der Waals surface area contributed by atoms with Crippen LogP contribution >= 0.6 is 0 Å². The lowest BCUT2D eigenvalue weighted by Gasteiger charge is -2.28. The molecule has 2 aliphatic heterocycles. The number of ether oxygens (including phenoxy) is 1. The summed E-state index contributed by atoms with van der Waals surface area (Å²) in [5.74, 6) is -2.14. The fourth-order valence-corrected chi connectivity index (χ4v) is 3.87. The highest BCUT2D eigenvalue weighted by molar-refractivity contribution is 5.86. The van der Waals surface area contributed by atoms with Crippen molar-refractivity contribution in [3.63, 3.8) is 0 Å². The predicted molar refractivity (Wildman–Crippen MR) is 67.5 cm³/mol. The van der Waals surface area contributed by atoms with Gasteiger partial charge in [0.05, 0.1) is 24.0 Å². The van der Waals surface area contributed by atoms with Gasteiger partial charge in [-0.1, -0.05) is 19.3 Å². The molecule has 0 spiro atoms. The summed E-state index contributed by atoms with van der Waals surface area (Å²) in [4.78, 5) is 23.7. The van der Waals surface area contributed by atoms with E-state index in [9.17, 15) is 14.7 Å². The number of carboxylic acid groups (broad SMARTS) is 1. The third-order valence-corrected chi connectivity index (χ3v) is 4.81. The number of carbonyl (C=O) groups excluding carboxylic acids is 1. The summed E-state index contributed by atoms with van der Waals surface area (Å²) in [6, 6.07) is 0.231. The first-order valence-electron chi connectivity index (χ1n) is 7.35. The van der Waals surface area contributed by atoms with Crippen molar-refractivity contribution in [3.05, 3.63) is 0 Å². The van der Waals surface area contributed by atoms with Crippen molar-refractivity contribution in [2.45, 2.75) is 63.2 Å². The molecule has 2 N–H and O–H groups in total. The molecule has 3 aliphatic rings. The Balaban J connectivity index is 1.66. The molecule has 1 aliphatic carbocycles. The van der Waals surface area contributed by atoms with E-state index in [1.807, 2.05) is 0 Å². The Labute approximate surface area is 112 Å². The quantitative estimate of drug-likeness (QED) is 0.808. The maximum Gasteiger partial charge on any atom is 0.310 e. The SMILES string of the molecule is O=C(O)[C@@H]1[C@H](C(=O)NC2CCCCC2)[C@@H]2CC[C@@H]1O2. The molecule has 5 nitrogen and oxygen atoms in total. The minimum absolute atomic E-state index is 0.105. The average molecular weight is 267 g/mol. The number of amides is 1. The Morgan fingerprint density at radius 3 is 2.21 bits per heavy atom. The van der Waals surface area contributed by atoms with Gasteiger partial charge in [0.2, 0.25) is 5.91 Å². The smallest absolute Gasteiger partial charge is 0.310 e. The van der Waals surface area contributed by atoms with Crippen LogP contribution in [0.25, 0.3) is 0 Å². The monoisotopic (exact) mass is 267 g/mol. The summed E-state index contributed by atoms with van der Waals surface area (Å²) in [6.45, 7) is 0. The Morgan fingerprint density at radius 1 is 0.947 bits per heavy atom. The van der Waals surface area contributed by atoms with Crippen molar-refractivity contribution >= 4 is 11.9 Å². The molecule has 0 aromatic carbocycles. The van der Waals surface area contributed by atoms with Crippen molar-refractivity contribution in [3.8, 4) is 0 Å². The normalized spacial score (nSPS) is 38.3. The molecule has 3 fully saturated rings. The minimum atomic E-state index is -0.893. The number of hydrogen-bond acceptors (Lipinski definition) is 3. The van der Waals surface area contributed by atoms with E-state index in [-0.39, 0.29) is 24.2 Å². The number of fused-ring (bicyclic) bond motifs is 2. The highest BCUT2D eigenvalue weighted by atomic mass is 16.5. The second-order valence-electron chi connectivity index (χ2n) is 6.02. The zero-order valence-corrected chi connectivity index (χ0v) is 11.0. The highest BCUT2D eigenvalue weighted by Crippen LogP contribution is 2.43. The number of carbonyl (C=O) groups is 2. The van der Waals surface area contributed by atoms with Crippen LogP contribution in [0.1, 0.15) is 44.9 Å². The van der Waals surface area contributed by atoms with Gasteiger partial charge in [0.25, 0.3) is 0 Å². The molecular weight excluding hydrogens is 246 g/mol. The zero-order chi connectivity index (χ0) is 13.4. The molecule has 1 saturated carbocycles. The molecular formula is C14H21NO4. The molecule has 19 heavy (non-hydrogen) atoms. The van der Waals surface area contributed by atoms with Gasteiger partial charge in [-0.05, 0) is 25.7 Å². The van der Waals surface area contributed by atoms with Gasteiger partial charge in [0.1, 0.15) is 0 Å². The maximum atomic E-state index is 12.4. The minimum Gasteiger partial charge on any atom is -0.481 e. The van der Waals surface area contributed by atoms with Crippen LogP contribution in [0, 0.1) is 11.8 Å². The van der Waals surface area contributed by atoms with E-state index in [2.05, 4.69) is 5.32 Å². The largest absolute Gasteiger partial charge is 0.481 e. The van der Waals surface area contributed by atoms with E-state index in [4.69, 9.17) is 4.74 Å². The summed E-state index contributed by atoms with van der Waals surface area (Å²) in [5, 5.41) is 12.3. The Hall–Kier alpha value is -1.10. The van der Waals surface area contributed by atoms with Crippen LogP contribution in [-0.4, -0.2) is 35.2 Å². The molecule has 0 aromatic rings. The predicted octanol–water partition coefficient (Wildman–Crippen LogP) is 1.31. The first-order chi connectivity index (χ1) is 9.16. The molecule has 1 amide bonds. The molecule has 2 bridgehead atoms. The molecule has 0 radical (unpaired) electrons. The molecule has 4 atom stereocenters. The van der Waals surface area contributed by atoms with Gasteiger partial charge < -0.3 is 15.2 Å². The van der Waals surface area contributed by atoms with E-state index >= 15 is 0 Å². The first-order valence-corrected chi connectivity index (χ1v) is 7.35. The topological polar surface area (TPSA) is 75.6 Å². The van der Waals surface area contributed by atoms with Crippen LogP contribution in [0.15, 0.2) is 0 Å². The van der Waals surface area contributed by atoms with Crippen LogP contribution in [0.3, 0.4) is 0 Å². The molecule has 5 heteroatoms. The van der Waals surface area contributed by atoms with Gasteiger partial charge in [-0.2, -0.15) is 0 Å². The first kappa shape index (κ1) is 12.9. The lowest BCUT2D eigenvalue weighted by molar-refractivity contribution is -0.148. The number of rotatable bonds is 3. The Bertz CT molecular complexity index is 378. The number of aliphatic carboxylic acids is 1. The summed E-state index contributed by atoms with van der Waals surface area (Å²) < 4.78 is 5.63. The summed E-state index contributed by atoms with van der Waals surface area (Å²) >= 11 is 0. The fraction of sp³-hybridized carbons (Fsp3) is 0.857. The van der Waals surface area contributed by atoms with Gasteiger partial charge in [-0.3, -0.25) is 9.59 Å². The van der Waals surface area contributed by atoms with Crippen molar-refractivity contribution < 1.29 is 19.4 Å². The van der Waals surface area contributed by atoms with E-state index in [1.54, 1.807) is 0 Å². The third kappa shape index (κ3) is 2.36. The lowest BCUT2D eigenvalue weighted by Crippen LogP contribution is -2.47. The number of carboxylic acids is 1. The van der Waals surface area contributed by atoms with E-state index in [1.165, 1.54) is 6.42 Å². The third-order valence-electron chi connectivity index (χ3n) is 4.81. The van der Waals surface area contributed by atoms with Crippen molar-refractivity contribution in [1.82, 2.24) is 5.32 Å². The van der Waals surface area contributed by atoms with Crippen molar-refractivity contribution in [1.29, 1.82) is 0 Å². The van der Waals surface area contributed by atoms with Crippen LogP contribution in [-0.2, 0) is 14.3 Å². The average Bonchev–Trinajstić information content (AvgIpc) is 2.99. The van der Waals surface area contributed by atoms with Crippen molar-refractivity contribution in [2.75, 3.05) is 0 Å². The summed E-state index contributed by atoms with van der Waals surface area (Å²) in [7, 11) is 0. The van der Waals surface area contributed by atoms with E-state index in [0.29, 0.717) is 0 Å². The van der Waals surface area contributed by atoms with Crippen LogP contribution in [0.5, 0.6) is 0 Å². The summed E-state index contributed by atoms with van der Waals surface area (Å²) in [6.07, 6.45) is 6.73. The fourth-order valence-electron chi connectivity index (χ4n) is 3.87. The number of nitrogens with one attached hydrogen (secondary N) is 1. The second-order valence-corrected chi connectivity index (χ2v) is 6.02. The number of hydrogen-bond donors (Lipinski definition) is 2. The van der Waals surface area contributed by atoms with Crippen molar-refractivity contribution in [2.24, 2.45) is 11.8 Å². The van der Waals surface area contributed by atoms with Crippen LogP contribution in [0.4, 0.5) is 0 Å². The van der Waals surface area contributed by atoms with Gasteiger partial charge in [-0.15, -0.1) is 0 Å². The van der Waals surface area contributed by atoms with Gasteiger partial charge in [-0.25, -0.2) is 0 Å². The lowest BCUT2D eigenvalue weighted by atomic mass is 9.78. The maximum absolute atomic E-state index is 12.4. The second kappa shape index (κ2) is 5.12. The molecule has 106 valence electrons. The molecule has 3 rings (SSSR count). The van der Waals surface area contributed by atoms with Gasteiger partial charge >= 0.3 is 5.97 Å². The summed E-state index contributed by atoms with van der Waals surface area (Å²) in [5.41, 5.74) is 0. The van der Waals surface area contributed by atoms with E-state index in [0.717, 1.165) is 38.5 Å². The molecule has 2 heterocycles. The zero-order valence-electron chi connectivity index (χ0n) is 11.0. The van der Waals surface area contributed by atoms with Gasteiger partial charge in [0, 0.05) is 6.04 Å². The Morgan fingerprint density at radius 2 is 1.58 bits per heavy atom.